The van der Waals surface area contributed by atoms with Gasteiger partial charge in [-0.25, -0.2) is 9.78 Å². The Morgan fingerprint density at radius 1 is 1.08 bits per heavy atom. The molecule has 3 rings (SSSR count). The van der Waals surface area contributed by atoms with Crippen molar-refractivity contribution in [2.75, 3.05) is 31.1 Å². The number of aromatic nitrogens is 1. The summed E-state index contributed by atoms with van der Waals surface area (Å²) in [6.45, 7) is 9.06. The van der Waals surface area contributed by atoms with E-state index in [1.807, 2.05) is 11.1 Å². The molecule has 2 aliphatic heterocycles. The van der Waals surface area contributed by atoms with E-state index in [1.165, 1.54) is 12.8 Å². The molecule has 0 radical (unpaired) electrons. The van der Waals surface area contributed by atoms with Crippen molar-refractivity contribution in [2.45, 2.75) is 46.1 Å². The molecule has 0 atom stereocenters. The van der Waals surface area contributed by atoms with Crippen molar-refractivity contribution in [1.82, 2.24) is 15.2 Å². The van der Waals surface area contributed by atoms with Crippen LogP contribution in [0.1, 0.15) is 45.1 Å². The molecule has 3 heterocycles. The number of rotatable bonds is 3. The Bertz CT molecular complexity index is 529. The highest BCUT2D eigenvalue weighted by molar-refractivity contribution is 5.74. The van der Waals surface area contributed by atoms with E-state index in [-0.39, 0.29) is 6.03 Å². The number of pyridine rings is 1. The lowest BCUT2D eigenvalue weighted by molar-refractivity contribution is 0.173. The first-order valence-electron chi connectivity index (χ1n) is 9.34. The number of likely N-dealkylation sites (tertiary alicyclic amines) is 1. The average Bonchev–Trinajstić information content (AvgIpc) is 2.61. The normalized spacial score (nSPS) is 20.2. The van der Waals surface area contributed by atoms with Crippen molar-refractivity contribution in [3.8, 4) is 0 Å². The lowest BCUT2D eigenvalue weighted by Crippen LogP contribution is -2.43. The minimum Gasteiger partial charge on any atom is -0.357 e. The number of nitrogens with zero attached hydrogens (tertiary/aromatic N) is 3. The third-order valence-corrected chi connectivity index (χ3v) is 5.43. The predicted octanol–water partition coefficient (Wildman–Crippen LogP) is 3.26. The minimum absolute atomic E-state index is 0.0518. The molecule has 1 aromatic rings. The van der Waals surface area contributed by atoms with Crippen LogP contribution in [0.15, 0.2) is 18.3 Å². The van der Waals surface area contributed by atoms with E-state index in [4.69, 9.17) is 0 Å². The topological polar surface area (TPSA) is 48.5 Å². The van der Waals surface area contributed by atoms with Crippen LogP contribution in [0.4, 0.5) is 10.6 Å². The summed E-state index contributed by atoms with van der Waals surface area (Å²) < 4.78 is 0. The van der Waals surface area contributed by atoms with Gasteiger partial charge >= 0.3 is 6.03 Å². The smallest absolute Gasteiger partial charge is 0.317 e. The Balaban J connectivity index is 1.47. The summed E-state index contributed by atoms with van der Waals surface area (Å²) in [6.07, 6.45) is 6.60. The molecule has 0 spiro atoms. The summed E-state index contributed by atoms with van der Waals surface area (Å²) >= 11 is 0. The van der Waals surface area contributed by atoms with Gasteiger partial charge in [0, 0.05) is 38.9 Å². The Morgan fingerprint density at radius 2 is 1.71 bits per heavy atom. The van der Waals surface area contributed by atoms with E-state index in [0.717, 1.165) is 62.2 Å². The first-order valence-corrected chi connectivity index (χ1v) is 9.34. The molecule has 2 fully saturated rings. The van der Waals surface area contributed by atoms with Crippen molar-refractivity contribution >= 4 is 11.8 Å². The van der Waals surface area contributed by atoms with Crippen LogP contribution in [-0.2, 0) is 6.54 Å². The van der Waals surface area contributed by atoms with E-state index >= 15 is 0 Å². The van der Waals surface area contributed by atoms with Crippen molar-refractivity contribution in [1.29, 1.82) is 0 Å². The number of urea groups is 1. The molecule has 1 aromatic heterocycles. The molecular weight excluding hydrogens is 300 g/mol. The third-order valence-electron chi connectivity index (χ3n) is 5.43. The summed E-state index contributed by atoms with van der Waals surface area (Å²) in [6, 6.07) is 4.22. The molecule has 24 heavy (non-hydrogen) atoms. The van der Waals surface area contributed by atoms with Gasteiger partial charge in [0.15, 0.2) is 0 Å². The molecular formula is C19H30N4O. The Labute approximate surface area is 145 Å². The van der Waals surface area contributed by atoms with Gasteiger partial charge in [0.25, 0.3) is 0 Å². The zero-order valence-electron chi connectivity index (χ0n) is 15.0. The first-order chi connectivity index (χ1) is 11.6. The van der Waals surface area contributed by atoms with E-state index in [1.54, 1.807) is 0 Å². The van der Waals surface area contributed by atoms with Crippen LogP contribution in [-0.4, -0.2) is 42.1 Å². The molecule has 2 amide bonds. The summed E-state index contributed by atoms with van der Waals surface area (Å²) in [5.41, 5.74) is 1.06. The highest BCUT2D eigenvalue weighted by Crippen LogP contribution is 2.21. The molecule has 2 aliphatic rings. The van der Waals surface area contributed by atoms with E-state index in [2.05, 4.69) is 41.2 Å². The third kappa shape index (κ3) is 4.40. The van der Waals surface area contributed by atoms with Crippen molar-refractivity contribution in [3.63, 3.8) is 0 Å². The number of carbonyl (C=O) groups excluding carboxylic acids is 1. The van der Waals surface area contributed by atoms with Crippen LogP contribution >= 0.6 is 0 Å². The first kappa shape index (κ1) is 17.1. The molecule has 132 valence electrons. The number of hydrogen-bond acceptors (Lipinski definition) is 3. The number of amides is 2. The summed E-state index contributed by atoms with van der Waals surface area (Å²) in [5, 5.41) is 3.02. The molecule has 0 bridgehead atoms. The minimum atomic E-state index is 0.0518. The van der Waals surface area contributed by atoms with Gasteiger partial charge in [-0.2, -0.15) is 0 Å². The van der Waals surface area contributed by atoms with Crippen LogP contribution in [0.2, 0.25) is 0 Å². The Kier molecular flexibility index (Phi) is 5.59. The van der Waals surface area contributed by atoms with E-state index in [9.17, 15) is 4.79 Å². The second-order valence-corrected chi connectivity index (χ2v) is 7.52. The second kappa shape index (κ2) is 7.86. The van der Waals surface area contributed by atoms with Crippen molar-refractivity contribution in [3.05, 3.63) is 23.9 Å². The van der Waals surface area contributed by atoms with Gasteiger partial charge in [-0.1, -0.05) is 19.9 Å². The van der Waals surface area contributed by atoms with E-state index in [0.29, 0.717) is 6.54 Å². The summed E-state index contributed by atoms with van der Waals surface area (Å²) in [7, 11) is 0. The predicted molar refractivity (Wildman–Crippen MR) is 97.1 cm³/mol. The zero-order valence-corrected chi connectivity index (χ0v) is 15.0. The number of piperidine rings is 2. The second-order valence-electron chi connectivity index (χ2n) is 7.52. The van der Waals surface area contributed by atoms with Gasteiger partial charge in [0.2, 0.25) is 0 Å². The molecule has 0 saturated carbocycles. The van der Waals surface area contributed by atoms with Gasteiger partial charge in [-0.05, 0) is 49.1 Å². The molecule has 5 nitrogen and oxygen atoms in total. The van der Waals surface area contributed by atoms with Crippen LogP contribution in [0, 0.1) is 11.8 Å². The van der Waals surface area contributed by atoms with E-state index < -0.39 is 0 Å². The average molecular weight is 330 g/mol. The van der Waals surface area contributed by atoms with Gasteiger partial charge < -0.3 is 15.1 Å². The van der Waals surface area contributed by atoms with Crippen molar-refractivity contribution < 1.29 is 4.79 Å². The molecule has 5 heteroatoms. The lowest BCUT2D eigenvalue weighted by Gasteiger charge is -2.31. The number of carbonyl (C=O) groups is 1. The quantitative estimate of drug-likeness (QED) is 0.925. The van der Waals surface area contributed by atoms with Crippen LogP contribution in [0.5, 0.6) is 0 Å². The van der Waals surface area contributed by atoms with Crippen LogP contribution in [0.3, 0.4) is 0 Å². The highest BCUT2D eigenvalue weighted by Gasteiger charge is 2.20. The number of hydrogen-bond donors (Lipinski definition) is 1. The Hall–Kier alpha value is -1.78. The van der Waals surface area contributed by atoms with Gasteiger partial charge in [0.1, 0.15) is 5.82 Å². The summed E-state index contributed by atoms with van der Waals surface area (Å²) in [4.78, 5) is 21.1. The molecule has 2 saturated heterocycles. The lowest BCUT2D eigenvalue weighted by atomic mass is 9.99. The molecule has 0 aliphatic carbocycles. The zero-order chi connectivity index (χ0) is 16.9. The highest BCUT2D eigenvalue weighted by atomic mass is 16.2. The fourth-order valence-corrected chi connectivity index (χ4v) is 3.45. The van der Waals surface area contributed by atoms with Crippen LogP contribution in [0.25, 0.3) is 0 Å². The van der Waals surface area contributed by atoms with Crippen molar-refractivity contribution in [2.24, 2.45) is 11.8 Å². The molecule has 0 aromatic carbocycles. The maximum absolute atomic E-state index is 12.2. The fourth-order valence-electron chi connectivity index (χ4n) is 3.45. The maximum atomic E-state index is 12.2. The number of anilines is 1. The van der Waals surface area contributed by atoms with Gasteiger partial charge in [-0.3, -0.25) is 0 Å². The monoisotopic (exact) mass is 330 g/mol. The summed E-state index contributed by atoms with van der Waals surface area (Å²) in [5.74, 6) is 2.62. The largest absolute Gasteiger partial charge is 0.357 e. The standard InChI is InChI=1S/C19H30N4O/c1-15-5-9-22(10-6-15)18-4-3-17(13-20-18)14-21-19(24)23-11-7-16(2)8-12-23/h3-4,13,15-16H,5-12,14H2,1-2H3,(H,21,24). The fraction of sp³-hybridized carbons (Fsp3) is 0.684. The maximum Gasteiger partial charge on any atom is 0.317 e. The van der Waals surface area contributed by atoms with Crippen LogP contribution < -0.4 is 10.2 Å². The SMILES string of the molecule is CC1CCN(C(=O)NCc2ccc(N3CCC(C)CC3)nc2)CC1. The van der Waals surface area contributed by atoms with Gasteiger partial charge in [0.05, 0.1) is 0 Å². The number of nitrogens with one attached hydrogen (secondary N) is 1. The molecule has 1 N–H and O–H groups in total. The molecule has 0 unspecified atom stereocenters. The van der Waals surface area contributed by atoms with Gasteiger partial charge in [-0.15, -0.1) is 0 Å². The Morgan fingerprint density at radius 3 is 2.29 bits per heavy atom.